The van der Waals surface area contributed by atoms with E-state index < -0.39 is 0 Å². The van der Waals surface area contributed by atoms with Gasteiger partial charge in [-0.25, -0.2) is 0 Å². The first-order valence-electron chi connectivity index (χ1n) is 6.03. The van der Waals surface area contributed by atoms with E-state index in [1.807, 2.05) is 11.8 Å². The van der Waals surface area contributed by atoms with Gasteiger partial charge in [0, 0.05) is 13.0 Å². The fraction of sp³-hybridized carbons (Fsp3) is 0.538. The Morgan fingerprint density at radius 1 is 1.59 bits per heavy atom. The van der Waals surface area contributed by atoms with E-state index in [2.05, 4.69) is 18.2 Å². The monoisotopic (exact) mass is 251 g/mol. The van der Waals surface area contributed by atoms with Crippen LogP contribution in [0.1, 0.15) is 26.2 Å². The molecule has 0 saturated carbocycles. The van der Waals surface area contributed by atoms with Crippen LogP contribution in [-0.2, 0) is 9.59 Å². The molecule has 2 atom stereocenters. The number of hydrogen-bond donors (Lipinski definition) is 0. The van der Waals surface area contributed by atoms with E-state index in [0.29, 0.717) is 13.0 Å². The SMILES string of the molecule is CCN1C(=O)C(CC=O)SC1C1=CC=CCC1. The summed E-state index contributed by atoms with van der Waals surface area (Å²) in [6.45, 7) is 2.71. The minimum Gasteiger partial charge on any atom is -0.326 e. The largest absolute Gasteiger partial charge is 0.326 e. The highest BCUT2D eigenvalue weighted by atomic mass is 32.2. The Labute approximate surface area is 106 Å². The quantitative estimate of drug-likeness (QED) is 0.718. The molecule has 3 nitrogen and oxygen atoms in total. The molecule has 1 heterocycles. The summed E-state index contributed by atoms with van der Waals surface area (Å²) in [7, 11) is 0. The molecule has 0 spiro atoms. The van der Waals surface area contributed by atoms with Gasteiger partial charge in [0.05, 0.1) is 5.25 Å². The second-order valence-corrected chi connectivity index (χ2v) is 5.50. The number of allylic oxidation sites excluding steroid dienone is 3. The number of rotatable bonds is 4. The Kier molecular flexibility index (Phi) is 4.05. The number of likely N-dealkylation sites (N-methyl/N-ethyl adjacent to an activating group) is 1. The van der Waals surface area contributed by atoms with Crippen LogP contribution in [0.2, 0.25) is 0 Å². The van der Waals surface area contributed by atoms with Crippen molar-refractivity contribution in [1.29, 1.82) is 0 Å². The van der Waals surface area contributed by atoms with Gasteiger partial charge in [0.15, 0.2) is 0 Å². The molecule has 0 bridgehead atoms. The van der Waals surface area contributed by atoms with Crippen molar-refractivity contribution in [3.8, 4) is 0 Å². The van der Waals surface area contributed by atoms with Crippen LogP contribution in [0.5, 0.6) is 0 Å². The van der Waals surface area contributed by atoms with Crippen LogP contribution in [0, 0.1) is 0 Å². The fourth-order valence-corrected chi connectivity index (χ4v) is 3.79. The predicted molar refractivity (Wildman–Crippen MR) is 69.7 cm³/mol. The molecular weight excluding hydrogens is 234 g/mol. The lowest BCUT2D eigenvalue weighted by Gasteiger charge is -2.25. The van der Waals surface area contributed by atoms with Crippen LogP contribution < -0.4 is 0 Å². The molecule has 0 N–H and O–H groups in total. The third-order valence-corrected chi connectivity index (χ3v) is 4.69. The van der Waals surface area contributed by atoms with E-state index in [1.54, 1.807) is 11.8 Å². The number of thioether (sulfide) groups is 1. The highest BCUT2D eigenvalue weighted by Gasteiger charge is 2.40. The summed E-state index contributed by atoms with van der Waals surface area (Å²) in [6.07, 6.45) is 9.56. The zero-order chi connectivity index (χ0) is 12.3. The summed E-state index contributed by atoms with van der Waals surface area (Å²) < 4.78 is 0. The van der Waals surface area contributed by atoms with E-state index in [4.69, 9.17) is 0 Å². The van der Waals surface area contributed by atoms with Gasteiger partial charge in [-0.2, -0.15) is 0 Å². The molecule has 2 rings (SSSR count). The average molecular weight is 251 g/mol. The van der Waals surface area contributed by atoms with Crippen molar-refractivity contribution in [3.63, 3.8) is 0 Å². The molecule has 17 heavy (non-hydrogen) atoms. The first-order chi connectivity index (χ1) is 8.27. The molecule has 0 aromatic carbocycles. The second-order valence-electron chi connectivity index (χ2n) is 4.21. The first kappa shape index (κ1) is 12.4. The normalized spacial score (nSPS) is 28.4. The highest BCUT2D eigenvalue weighted by molar-refractivity contribution is 8.01. The second kappa shape index (κ2) is 5.54. The summed E-state index contributed by atoms with van der Waals surface area (Å²) in [6, 6.07) is 0. The molecule has 0 aromatic heterocycles. The van der Waals surface area contributed by atoms with Crippen molar-refractivity contribution in [1.82, 2.24) is 4.90 Å². The summed E-state index contributed by atoms with van der Waals surface area (Å²) in [4.78, 5) is 24.5. The number of aldehydes is 1. The molecule has 0 aromatic rings. The number of nitrogens with zero attached hydrogens (tertiary/aromatic N) is 1. The van der Waals surface area contributed by atoms with Gasteiger partial charge in [0.2, 0.25) is 5.91 Å². The molecule has 4 heteroatoms. The van der Waals surface area contributed by atoms with E-state index >= 15 is 0 Å². The molecule has 1 aliphatic heterocycles. The molecule has 92 valence electrons. The van der Waals surface area contributed by atoms with Gasteiger partial charge < -0.3 is 9.69 Å². The van der Waals surface area contributed by atoms with Gasteiger partial charge >= 0.3 is 0 Å². The molecule has 1 fully saturated rings. The van der Waals surface area contributed by atoms with Crippen LogP contribution in [0.15, 0.2) is 23.8 Å². The fourth-order valence-electron chi connectivity index (χ4n) is 2.27. The lowest BCUT2D eigenvalue weighted by molar-refractivity contribution is -0.130. The number of carbonyl (C=O) groups is 2. The van der Waals surface area contributed by atoms with Crippen molar-refractivity contribution in [2.45, 2.75) is 36.8 Å². The van der Waals surface area contributed by atoms with Gasteiger partial charge in [-0.15, -0.1) is 11.8 Å². The zero-order valence-electron chi connectivity index (χ0n) is 9.96. The van der Waals surface area contributed by atoms with Crippen molar-refractivity contribution < 1.29 is 9.59 Å². The van der Waals surface area contributed by atoms with Gasteiger partial charge in [0.1, 0.15) is 11.7 Å². The van der Waals surface area contributed by atoms with Crippen LogP contribution >= 0.6 is 11.8 Å². The molecular formula is C13H17NO2S. The Hall–Kier alpha value is -1.03. The topological polar surface area (TPSA) is 37.4 Å². The van der Waals surface area contributed by atoms with Crippen LogP contribution in [-0.4, -0.2) is 34.3 Å². The van der Waals surface area contributed by atoms with Crippen molar-refractivity contribution in [2.75, 3.05) is 6.54 Å². The highest BCUT2D eigenvalue weighted by Crippen LogP contribution is 2.39. The summed E-state index contributed by atoms with van der Waals surface area (Å²) >= 11 is 1.63. The van der Waals surface area contributed by atoms with Gasteiger partial charge in [-0.3, -0.25) is 4.79 Å². The van der Waals surface area contributed by atoms with Gasteiger partial charge in [-0.1, -0.05) is 18.2 Å². The molecule has 1 amide bonds. The van der Waals surface area contributed by atoms with Crippen LogP contribution in [0.4, 0.5) is 0 Å². The van der Waals surface area contributed by atoms with E-state index in [9.17, 15) is 9.59 Å². The minimum atomic E-state index is -0.177. The lowest BCUT2D eigenvalue weighted by atomic mass is 10.0. The first-order valence-corrected chi connectivity index (χ1v) is 6.97. The minimum absolute atomic E-state index is 0.116. The average Bonchev–Trinajstić information content (AvgIpc) is 2.68. The van der Waals surface area contributed by atoms with Crippen molar-refractivity contribution in [2.24, 2.45) is 0 Å². The maximum Gasteiger partial charge on any atom is 0.237 e. The molecule has 0 radical (unpaired) electrons. The van der Waals surface area contributed by atoms with E-state index in [-0.39, 0.29) is 16.5 Å². The third kappa shape index (κ3) is 2.46. The van der Waals surface area contributed by atoms with Crippen LogP contribution in [0.25, 0.3) is 0 Å². The van der Waals surface area contributed by atoms with Crippen molar-refractivity contribution >= 4 is 24.0 Å². The van der Waals surface area contributed by atoms with E-state index in [1.165, 1.54) is 5.57 Å². The maximum absolute atomic E-state index is 12.1. The Morgan fingerprint density at radius 3 is 3.00 bits per heavy atom. The van der Waals surface area contributed by atoms with Crippen molar-refractivity contribution in [3.05, 3.63) is 23.8 Å². The maximum atomic E-state index is 12.1. The Morgan fingerprint density at radius 2 is 2.41 bits per heavy atom. The standard InChI is InChI=1S/C13H17NO2S/c1-2-14-12(16)11(8-9-15)17-13(14)10-6-4-3-5-7-10/h3-4,6,9,11,13H,2,5,7-8H2,1H3. The molecule has 1 saturated heterocycles. The number of carbonyl (C=O) groups excluding carboxylic acids is 2. The summed E-state index contributed by atoms with van der Waals surface area (Å²) in [5, 5.41) is -0.0355. The molecule has 2 unspecified atom stereocenters. The number of hydrogen-bond acceptors (Lipinski definition) is 3. The summed E-state index contributed by atoms with van der Waals surface area (Å²) in [5.41, 5.74) is 1.31. The van der Waals surface area contributed by atoms with Crippen LogP contribution in [0.3, 0.4) is 0 Å². The summed E-state index contributed by atoms with van der Waals surface area (Å²) in [5.74, 6) is 0.116. The third-order valence-electron chi connectivity index (χ3n) is 3.15. The van der Waals surface area contributed by atoms with Gasteiger partial charge in [0.25, 0.3) is 0 Å². The zero-order valence-corrected chi connectivity index (χ0v) is 10.8. The Balaban J connectivity index is 2.16. The number of amides is 1. The molecule has 1 aliphatic carbocycles. The lowest BCUT2D eigenvalue weighted by Crippen LogP contribution is -2.35. The van der Waals surface area contributed by atoms with Gasteiger partial charge in [-0.05, 0) is 25.3 Å². The van der Waals surface area contributed by atoms with E-state index in [0.717, 1.165) is 19.1 Å². The smallest absolute Gasteiger partial charge is 0.237 e. The molecule has 2 aliphatic rings. The predicted octanol–water partition coefficient (Wildman–Crippen LogP) is 2.14. The Bertz CT molecular complexity index is 376.